The monoisotopic (exact) mass is 417 g/mol. The van der Waals surface area contributed by atoms with Crippen LogP contribution in [0, 0.1) is 13.8 Å². The Morgan fingerprint density at radius 1 is 0.931 bits per heavy atom. The number of hydrogen-bond acceptors (Lipinski definition) is 4. The van der Waals surface area contributed by atoms with Crippen molar-refractivity contribution in [3.63, 3.8) is 0 Å². The standard InChI is InChI=1S/C21H27N3O4S/c1-14(2)17-6-5-7-18(11-17)24-21(26)12-22-20(25)13-23-29(27,28)19-9-8-15(3)16(4)10-19/h5-11,14,23H,12-13H2,1-4H3,(H,22,25)(H,24,26). The highest BCUT2D eigenvalue weighted by molar-refractivity contribution is 7.89. The van der Waals surface area contributed by atoms with E-state index in [1.165, 1.54) is 6.07 Å². The lowest BCUT2D eigenvalue weighted by atomic mass is 10.0. The Balaban J connectivity index is 1.84. The zero-order valence-electron chi connectivity index (χ0n) is 17.1. The lowest BCUT2D eigenvalue weighted by molar-refractivity contribution is -0.123. The predicted molar refractivity (Wildman–Crippen MR) is 113 cm³/mol. The van der Waals surface area contributed by atoms with Gasteiger partial charge < -0.3 is 10.6 Å². The number of amides is 2. The molecule has 0 bridgehead atoms. The molecule has 156 valence electrons. The maximum absolute atomic E-state index is 12.3. The lowest BCUT2D eigenvalue weighted by Crippen LogP contribution is -2.40. The molecule has 2 amide bonds. The molecule has 0 aliphatic carbocycles. The Morgan fingerprint density at radius 3 is 2.31 bits per heavy atom. The largest absolute Gasteiger partial charge is 0.346 e. The van der Waals surface area contributed by atoms with Crippen LogP contribution in [0.3, 0.4) is 0 Å². The number of hydrogen-bond donors (Lipinski definition) is 3. The second-order valence-electron chi connectivity index (χ2n) is 7.18. The van der Waals surface area contributed by atoms with Crippen molar-refractivity contribution in [2.24, 2.45) is 0 Å². The number of rotatable bonds is 8. The Morgan fingerprint density at radius 2 is 1.66 bits per heavy atom. The number of nitrogens with one attached hydrogen (secondary N) is 3. The molecule has 0 spiro atoms. The Labute approximate surface area is 172 Å². The van der Waals surface area contributed by atoms with E-state index >= 15 is 0 Å². The summed E-state index contributed by atoms with van der Waals surface area (Å²) in [5.41, 5.74) is 3.56. The van der Waals surface area contributed by atoms with Crippen LogP contribution in [0.15, 0.2) is 47.4 Å². The molecule has 0 saturated heterocycles. The molecular weight excluding hydrogens is 390 g/mol. The minimum absolute atomic E-state index is 0.0937. The van der Waals surface area contributed by atoms with Crippen LogP contribution in [0.2, 0.25) is 0 Å². The molecule has 2 aromatic rings. The van der Waals surface area contributed by atoms with Crippen LogP contribution in [0.1, 0.15) is 36.5 Å². The zero-order valence-corrected chi connectivity index (χ0v) is 17.9. The van der Waals surface area contributed by atoms with Crippen molar-refractivity contribution < 1.29 is 18.0 Å². The number of sulfonamides is 1. The molecule has 0 aromatic heterocycles. The topological polar surface area (TPSA) is 104 Å². The second-order valence-corrected chi connectivity index (χ2v) is 8.94. The summed E-state index contributed by atoms with van der Waals surface area (Å²) in [5, 5.41) is 5.12. The quantitative estimate of drug-likeness (QED) is 0.614. The summed E-state index contributed by atoms with van der Waals surface area (Å²) >= 11 is 0. The number of carbonyl (C=O) groups is 2. The average molecular weight is 418 g/mol. The van der Waals surface area contributed by atoms with Crippen molar-refractivity contribution >= 4 is 27.5 Å². The summed E-state index contributed by atoms with van der Waals surface area (Å²) < 4.78 is 26.8. The highest BCUT2D eigenvalue weighted by atomic mass is 32.2. The minimum atomic E-state index is -3.81. The number of carbonyl (C=O) groups excluding carboxylic acids is 2. The van der Waals surface area contributed by atoms with E-state index in [1.807, 2.05) is 32.0 Å². The van der Waals surface area contributed by atoms with Crippen molar-refractivity contribution in [2.45, 2.75) is 38.5 Å². The van der Waals surface area contributed by atoms with Crippen molar-refractivity contribution in [1.29, 1.82) is 0 Å². The van der Waals surface area contributed by atoms with Gasteiger partial charge in [-0.05, 0) is 60.7 Å². The van der Waals surface area contributed by atoms with Gasteiger partial charge in [0.25, 0.3) is 0 Å². The maximum atomic E-state index is 12.3. The molecule has 3 N–H and O–H groups in total. The number of benzene rings is 2. The third kappa shape index (κ3) is 6.69. The van der Waals surface area contributed by atoms with Gasteiger partial charge in [-0.2, -0.15) is 0 Å². The molecule has 0 aliphatic rings. The van der Waals surface area contributed by atoms with Gasteiger partial charge in [-0.1, -0.05) is 32.0 Å². The van der Waals surface area contributed by atoms with Crippen LogP contribution < -0.4 is 15.4 Å². The second kappa shape index (κ2) is 9.67. The van der Waals surface area contributed by atoms with E-state index in [0.717, 1.165) is 16.7 Å². The summed E-state index contributed by atoms with van der Waals surface area (Å²) in [6, 6.07) is 12.2. The molecule has 0 atom stereocenters. The third-order valence-corrected chi connectivity index (χ3v) is 5.89. The zero-order chi connectivity index (χ0) is 21.6. The fourth-order valence-corrected chi connectivity index (χ4v) is 3.61. The Kier molecular flexibility index (Phi) is 7.53. The summed E-state index contributed by atoms with van der Waals surface area (Å²) in [6.07, 6.45) is 0. The van der Waals surface area contributed by atoms with Crippen molar-refractivity contribution in [3.8, 4) is 0 Å². The molecule has 2 rings (SSSR count). The van der Waals surface area contributed by atoms with Gasteiger partial charge in [-0.15, -0.1) is 0 Å². The summed E-state index contributed by atoms with van der Waals surface area (Å²) in [5.74, 6) is -0.656. The highest BCUT2D eigenvalue weighted by Crippen LogP contribution is 2.18. The van der Waals surface area contributed by atoms with Gasteiger partial charge in [0, 0.05) is 5.69 Å². The number of aryl methyl sites for hydroxylation is 2. The molecule has 7 nitrogen and oxygen atoms in total. The van der Waals surface area contributed by atoms with E-state index in [9.17, 15) is 18.0 Å². The highest BCUT2D eigenvalue weighted by Gasteiger charge is 2.16. The first-order valence-corrected chi connectivity index (χ1v) is 10.8. The fourth-order valence-electron chi connectivity index (χ4n) is 2.55. The van der Waals surface area contributed by atoms with E-state index in [-0.39, 0.29) is 11.4 Å². The maximum Gasteiger partial charge on any atom is 0.243 e. The number of anilines is 1. The molecule has 0 aliphatic heterocycles. The normalized spacial score (nSPS) is 11.3. The molecule has 8 heteroatoms. The molecule has 0 unspecified atom stereocenters. The van der Waals surface area contributed by atoms with Crippen LogP contribution in [0.5, 0.6) is 0 Å². The van der Waals surface area contributed by atoms with Crippen molar-refractivity contribution in [2.75, 3.05) is 18.4 Å². The van der Waals surface area contributed by atoms with Crippen molar-refractivity contribution in [1.82, 2.24) is 10.0 Å². The molecule has 0 radical (unpaired) electrons. The SMILES string of the molecule is Cc1ccc(S(=O)(=O)NCC(=O)NCC(=O)Nc2cccc(C(C)C)c2)cc1C. The van der Waals surface area contributed by atoms with Gasteiger partial charge in [0.2, 0.25) is 21.8 Å². The first kappa shape index (κ1) is 22.6. The summed E-state index contributed by atoms with van der Waals surface area (Å²) in [6.45, 7) is 7.11. The molecule has 2 aromatic carbocycles. The summed E-state index contributed by atoms with van der Waals surface area (Å²) in [4.78, 5) is 24.0. The van der Waals surface area contributed by atoms with E-state index in [1.54, 1.807) is 18.2 Å². The first-order valence-electron chi connectivity index (χ1n) is 9.32. The van der Waals surface area contributed by atoms with Crippen LogP contribution in [-0.2, 0) is 19.6 Å². The van der Waals surface area contributed by atoms with Crippen molar-refractivity contribution in [3.05, 3.63) is 59.2 Å². The van der Waals surface area contributed by atoms with Gasteiger partial charge >= 0.3 is 0 Å². The van der Waals surface area contributed by atoms with Gasteiger partial charge in [0.05, 0.1) is 18.0 Å². The first-order chi connectivity index (χ1) is 13.6. The van der Waals surface area contributed by atoms with Gasteiger partial charge in [0.15, 0.2) is 0 Å². The molecular formula is C21H27N3O4S. The van der Waals surface area contributed by atoms with Gasteiger partial charge in [0.1, 0.15) is 0 Å². The molecule has 0 fully saturated rings. The Hall–Kier alpha value is -2.71. The predicted octanol–water partition coefficient (Wildman–Crippen LogP) is 2.46. The van der Waals surface area contributed by atoms with Crippen LogP contribution in [-0.4, -0.2) is 33.3 Å². The summed E-state index contributed by atoms with van der Waals surface area (Å²) in [7, 11) is -3.81. The van der Waals surface area contributed by atoms with Crippen LogP contribution in [0.4, 0.5) is 5.69 Å². The Bertz CT molecular complexity index is 1000. The lowest BCUT2D eigenvalue weighted by Gasteiger charge is -2.11. The average Bonchev–Trinajstić information content (AvgIpc) is 2.67. The van der Waals surface area contributed by atoms with Crippen LogP contribution in [0.25, 0.3) is 0 Å². The molecule has 0 saturated carbocycles. The van der Waals surface area contributed by atoms with E-state index in [2.05, 4.69) is 29.2 Å². The van der Waals surface area contributed by atoms with E-state index in [0.29, 0.717) is 11.6 Å². The van der Waals surface area contributed by atoms with Gasteiger partial charge in [-0.3, -0.25) is 9.59 Å². The van der Waals surface area contributed by atoms with E-state index in [4.69, 9.17) is 0 Å². The van der Waals surface area contributed by atoms with E-state index < -0.39 is 28.4 Å². The van der Waals surface area contributed by atoms with Crippen LogP contribution >= 0.6 is 0 Å². The molecule has 0 heterocycles. The molecule has 29 heavy (non-hydrogen) atoms. The third-order valence-electron chi connectivity index (χ3n) is 4.49. The van der Waals surface area contributed by atoms with Gasteiger partial charge in [-0.25, -0.2) is 13.1 Å². The minimum Gasteiger partial charge on any atom is -0.346 e. The fraction of sp³-hybridized carbons (Fsp3) is 0.333. The smallest absolute Gasteiger partial charge is 0.243 e.